The molecule has 2 heterocycles. The summed E-state index contributed by atoms with van der Waals surface area (Å²) in [5.74, 6) is -0.185. The van der Waals surface area contributed by atoms with Crippen LogP contribution in [0.15, 0.2) is 18.2 Å². The fraction of sp³-hybridized carbons (Fsp3) is 0.522. The van der Waals surface area contributed by atoms with Gasteiger partial charge in [-0.3, -0.25) is 9.59 Å². The van der Waals surface area contributed by atoms with Gasteiger partial charge in [-0.1, -0.05) is 13.8 Å². The number of nitrogens with one attached hydrogen (secondary N) is 1. The third-order valence-electron chi connectivity index (χ3n) is 6.10. The number of piperazine rings is 1. The molecule has 1 fully saturated rings. The van der Waals surface area contributed by atoms with E-state index in [4.69, 9.17) is 4.98 Å². The molecule has 0 spiro atoms. The Kier molecular flexibility index (Phi) is 6.27. The highest BCUT2D eigenvalue weighted by Gasteiger charge is 2.30. The normalized spacial score (nSPS) is 18.8. The van der Waals surface area contributed by atoms with Crippen LogP contribution in [0, 0.1) is 24.6 Å². The number of halogens is 1. The molecule has 6 nitrogen and oxygen atoms in total. The maximum atomic E-state index is 13.3. The van der Waals surface area contributed by atoms with Crippen molar-refractivity contribution < 1.29 is 14.0 Å². The van der Waals surface area contributed by atoms with E-state index in [0.29, 0.717) is 12.1 Å². The quantitative estimate of drug-likeness (QED) is 0.782. The van der Waals surface area contributed by atoms with Gasteiger partial charge >= 0.3 is 0 Å². The van der Waals surface area contributed by atoms with Gasteiger partial charge in [0.2, 0.25) is 11.8 Å². The average Bonchev–Trinajstić information content (AvgIpc) is 3.18. The first-order chi connectivity index (χ1) is 14.8. The summed E-state index contributed by atoms with van der Waals surface area (Å²) >= 11 is 1.67. The van der Waals surface area contributed by atoms with Gasteiger partial charge in [-0.25, -0.2) is 9.37 Å². The van der Waals surface area contributed by atoms with Crippen LogP contribution in [0.5, 0.6) is 0 Å². The molecule has 0 saturated carbocycles. The highest BCUT2D eigenvalue weighted by molar-refractivity contribution is 7.15. The number of nitrogens with zero attached hydrogens (tertiary/aromatic N) is 3. The molecule has 0 bridgehead atoms. The minimum Gasteiger partial charge on any atom is -0.345 e. The van der Waals surface area contributed by atoms with Crippen LogP contribution in [0.1, 0.15) is 36.4 Å². The summed E-state index contributed by atoms with van der Waals surface area (Å²) in [4.78, 5) is 35.2. The molecule has 0 unspecified atom stereocenters. The Morgan fingerprint density at radius 1 is 1.23 bits per heavy atom. The fourth-order valence-corrected chi connectivity index (χ4v) is 5.44. The lowest BCUT2D eigenvalue weighted by atomic mass is 9.90. The number of rotatable bonds is 4. The monoisotopic (exact) mass is 444 g/mol. The molecule has 1 aromatic carbocycles. The number of carbonyl (C=O) groups is 2. The van der Waals surface area contributed by atoms with Gasteiger partial charge in [0, 0.05) is 48.6 Å². The number of aromatic nitrogens is 1. The zero-order chi connectivity index (χ0) is 22.1. The number of hydrogen-bond donors (Lipinski definition) is 1. The molecule has 1 atom stereocenters. The molecule has 8 heteroatoms. The van der Waals surface area contributed by atoms with Crippen LogP contribution in [0.2, 0.25) is 0 Å². The van der Waals surface area contributed by atoms with Crippen molar-refractivity contribution in [2.24, 2.45) is 11.8 Å². The van der Waals surface area contributed by atoms with Crippen LogP contribution in [0.25, 0.3) is 0 Å². The van der Waals surface area contributed by atoms with Crippen molar-refractivity contribution in [2.75, 3.05) is 36.4 Å². The molecule has 2 aromatic rings. The zero-order valence-corrected chi connectivity index (χ0v) is 19.1. The Morgan fingerprint density at radius 2 is 1.97 bits per heavy atom. The molecule has 1 saturated heterocycles. The summed E-state index contributed by atoms with van der Waals surface area (Å²) in [6.07, 6.45) is 2.24. The second-order valence-electron chi connectivity index (χ2n) is 8.72. The Hall–Kier alpha value is -2.48. The molecular weight excluding hydrogens is 415 g/mol. The summed E-state index contributed by atoms with van der Waals surface area (Å²) in [6, 6.07) is 4.41. The lowest BCUT2D eigenvalue weighted by molar-refractivity contribution is -0.134. The highest BCUT2D eigenvalue weighted by atomic mass is 32.1. The van der Waals surface area contributed by atoms with E-state index in [1.54, 1.807) is 24.3 Å². The molecule has 2 amide bonds. The van der Waals surface area contributed by atoms with Crippen molar-refractivity contribution in [1.29, 1.82) is 0 Å². The van der Waals surface area contributed by atoms with E-state index >= 15 is 0 Å². The fourth-order valence-electron chi connectivity index (χ4n) is 4.21. The van der Waals surface area contributed by atoms with Crippen LogP contribution in [-0.4, -0.2) is 47.9 Å². The van der Waals surface area contributed by atoms with E-state index in [1.165, 1.54) is 17.0 Å². The molecule has 1 aliphatic carbocycles. The van der Waals surface area contributed by atoms with Crippen LogP contribution < -0.4 is 10.2 Å². The van der Waals surface area contributed by atoms with Crippen LogP contribution in [0.3, 0.4) is 0 Å². The van der Waals surface area contributed by atoms with Crippen molar-refractivity contribution in [2.45, 2.75) is 40.0 Å². The van der Waals surface area contributed by atoms with Crippen LogP contribution in [0.4, 0.5) is 15.2 Å². The lowest BCUT2D eigenvalue weighted by Gasteiger charge is -2.35. The molecule has 2 aliphatic rings. The Bertz CT molecular complexity index is 982. The van der Waals surface area contributed by atoms with Crippen LogP contribution in [-0.2, 0) is 22.4 Å². The molecule has 4 rings (SSSR count). The minimum absolute atomic E-state index is 0.0175. The van der Waals surface area contributed by atoms with Gasteiger partial charge in [-0.2, -0.15) is 0 Å². The lowest BCUT2D eigenvalue weighted by Crippen LogP contribution is -2.49. The topological polar surface area (TPSA) is 65.5 Å². The number of hydrogen-bond acceptors (Lipinski definition) is 5. The van der Waals surface area contributed by atoms with Gasteiger partial charge in [0.15, 0.2) is 5.13 Å². The summed E-state index contributed by atoms with van der Waals surface area (Å²) < 4.78 is 13.3. The molecule has 166 valence electrons. The predicted molar refractivity (Wildman–Crippen MR) is 121 cm³/mol. The van der Waals surface area contributed by atoms with E-state index in [9.17, 15) is 14.0 Å². The van der Waals surface area contributed by atoms with E-state index < -0.39 is 0 Å². The molecule has 1 aliphatic heterocycles. The van der Waals surface area contributed by atoms with Gasteiger partial charge in [0.1, 0.15) is 5.82 Å². The Morgan fingerprint density at radius 3 is 2.65 bits per heavy atom. The zero-order valence-electron chi connectivity index (χ0n) is 18.3. The third-order valence-corrected chi connectivity index (χ3v) is 7.28. The number of fused-ring (bicyclic) bond motifs is 1. The van der Waals surface area contributed by atoms with E-state index in [1.807, 2.05) is 18.7 Å². The van der Waals surface area contributed by atoms with Crippen molar-refractivity contribution in [3.05, 3.63) is 40.2 Å². The van der Waals surface area contributed by atoms with Gasteiger partial charge in [-0.15, -0.1) is 11.3 Å². The van der Waals surface area contributed by atoms with Gasteiger partial charge in [-0.05, 0) is 49.9 Å². The summed E-state index contributed by atoms with van der Waals surface area (Å²) in [5.41, 5.74) is 2.48. The first kappa shape index (κ1) is 21.7. The smallest absolute Gasteiger partial charge is 0.227 e. The maximum absolute atomic E-state index is 13.3. The number of aryl methyl sites for hydroxylation is 2. The van der Waals surface area contributed by atoms with Crippen molar-refractivity contribution >= 4 is 34.0 Å². The van der Waals surface area contributed by atoms with Crippen molar-refractivity contribution in [1.82, 2.24) is 9.88 Å². The average molecular weight is 445 g/mol. The highest BCUT2D eigenvalue weighted by Crippen LogP contribution is 2.35. The minimum atomic E-state index is -0.301. The molecule has 0 radical (unpaired) electrons. The van der Waals surface area contributed by atoms with E-state index in [-0.39, 0.29) is 29.5 Å². The van der Waals surface area contributed by atoms with Gasteiger partial charge < -0.3 is 15.1 Å². The van der Waals surface area contributed by atoms with Crippen LogP contribution >= 0.6 is 11.3 Å². The second kappa shape index (κ2) is 8.94. The Labute approximate surface area is 186 Å². The number of thiazole rings is 1. The summed E-state index contributed by atoms with van der Waals surface area (Å²) in [7, 11) is 0. The summed E-state index contributed by atoms with van der Waals surface area (Å²) in [5, 5.41) is 3.96. The number of anilines is 2. The second-order valence-corrected chi connectivity index (χ2v) is 9.78. The standard InChI is InChI=1S/C23H29FN4O2S/c1-14(2)22(30)27-8-10-28(11-9-27)23-26-19-6-4-16(13-20(19)31-23)21(29)25-18-7-5-17(24)12-15(18)3/h5,7,12,14,16H,4,6,8-11,13H2,1-3H3,(H,25,29)/t16-/m1/s1. The number of benzene rings is 1. The number of amides is 2. The summed E-state index contributed by atoms with van der Waals surface area (Å²) in [6.45, 7) is 8.70. The largest absolute Gasteiger partial charge is 0.345 e. The third kappa shape index (κ3) is 4.74. The van der Waals surface area contributed by atoms with Crippen molar-refractivity contribution in [3.8, 4) is 0 Å². The predicted octanol–water partition coefficient (Wildman–Crippen LogP) is 3.64. The first-order valence-corrected chi connectivity index (χ1v) is 11.7. The SMILES string of the molecule is Cc1cc(F)ccc1NC(=O)[C@@H]1CCc2nc(N3CCN(C(=O)C(C)C)CC3)sc2C1. The molecule has 31 heavy (non-hydrogen) atoms. The van der Waals surface area contributed by atoms with E-state index in [0.717, 1.165) is 55.4 Å². The molecular formula is C23H29FN4O2S. The maximum Gasteiger partial charge on any atom is 0.227 e. The first-order valence-electron chi connectivity index (χ1n) is 10.9. The Balaban J connectivity index is 1.37. The molecule has 1 aromatic heterocycles. The van der Waals surface area contributed by atoms with Crippen molar-refractivity contribution in [3.63, 3.8) is 0 Å². The van der Waals surface area contributed by atoms with Gasteiger partial charge in [0.25, 0.3) is 0 Å². The number of carbonyl (C=O) groups excluding carboxylic acids is 2. The van der Waals surface area contributed by atoms with E-state index in [2.05, 4.69) is 10.2 Å². The van der Waals surface area contributed by atoms with Gasteiger partial charge in [0.05, 0.1) is 5.69 Å². The molecule has 1 N–H and O–H groups in total.